The Hall–Kier alpha value is -1.10. The topological polar surface area (TPSA) is 56.5 Å². The van der Waals surface area contributed by atoms with Gasteiger partial charge in [0.25, 0.3) is 0 Å². The second-order valence-corrected chi connectivity index (χ2v) is 4.63. The van der Waals surface area contributed by atoms with Gasteiger partial charge in [-0.05, 0) is 37.3 Å². The number of nitrogens with two attached hydrogens (primary N) is 1. The molecule has 0 aliphatic carbocycles. The van der Waals surface area contributed by atoms with Gasteiger partial charge in [-0.1, -0.05) is 18.2 Å². The van der Waals surface area contributed by atoms with Crippen LogP contribution in [0.25, 0.3) is 0 Å². The zero-order valence-electron chi connectivity index (χ0n) is 10.9. The summed E-state index contributed by atoms with van der Waals surface area (Å²) in [6.45, 7) is 4.17. The molecule has 0 bridgehead atoms. The minimum Gasteiger partial charge on any atom is -0.493 e. The lowest BCUT2D eigenvalue weighted by molar-refractivity contribution is 0.115. The molecule has 2 atom stereocenters. The summed E-state index contributed by atoms with van der Waals surface area (Å²) in [5.41, 5.74) is 4.14. The lowest BCUT2D eigenvalue weighted by Gasteiger charge is -2.28. The third kappa shape index (κ3) is 3.22. The number of para-hydroxylation sites is 1. The first-order valence-electron chi connectivity index (χ1n) is 6.60. The van der Waals surface area contributed by atoms with Crippen LogP contribution in [0, 0.1) is 0 Å². The molecule has 0 radical (unpaired) electrons. The molecular formula is C14H22N2O2. The molecule has 2 rings (SSSR count). The third-order valence-corrected chi connectivity index (χ3v) is 3.41. The molecule has 4 heteroatoms. The van der Waals surface area contributed by atoms with E-state index in [-0.39, 0.29) is 6.04 Å². The van der Waals surface area contributed by atoms with E-state index in [1.165, 1.54) is 5.56 Å². The quantitative estimate of drug-likeness (QED) is 0.597. The van der Waals surface area contributed by atoms with Gasteiger partial charge in [0.05, 0.1) is 13.2 Å². The predicted octanol–water partition coefficient (Wildman–Crippen LogP) is 1.81. The van der Waals surface area contributed by atoms with E-state index in [0.29, 0.717) is 12.5 Å². The molecule has 18 heavy (non-hydrogen) atoms. The van der Waals surface area contributed by atoms with Crippen LogP contribution in [0.4, 0.5) is 0 Å². The average Bonchev–Trinajstić information content (AvgIpc) is 2.43. The fourth-order valence-electron chi connectivity index (χ4n) is 2.45. The molecule has 0 spiro atoms. The predicted molar refractivity (Wildman–Crippen MR) is 71.5 cm³/mol. The Bertz CT molecular complexity index is 371. The fourth-order valence-corrected chi connectivity index (χ4v) is 2.45. The van der Waals surface area contributed by atoms with E-state index in [4.69, 9.17) is 15.3 Å². The standard InChI is InChI=1S/C14H22N2O2/c1-2-17-10-12(16-15)9-11-7-8-18-14-6-4-3-5-13(11)14/h3-6,11-12,16H,2,7-10,15H2,1H3. The molecule has 1 heterocycles. The SMILES string of the molecule is CCOCC(CC1CCOc2ccccc21)NN. The van der Waals surface area contributed by atoms with E-state index in [1.54, 1.807) is 0 Å². The van der Waals surface area contributed by atoms with Crippen molar-refractivity contribution < 1.29 is 9.47 Å². The summed E-state index contributed by atoms with van der Waals surface area (Å²) in [6.07, 6.45) is 2.03. The smallest absolute Gasteiger partial charge is 0.122 e. The summed E-state index contributed by atoms with van der Waals surface area (Å²) in [5, 5.41) is 0. The van der Waals surface area contributed by atoms with Crippen LogP contribution < -0.4 is 16.0 Å². The van der Waals surface area contributed by atoms with Crippen molar-refractivity contribution >= 4 is 0 Å². The molecule has 2 unspecified atom stereocenters. The van der Waals surface area contributed by atoms with Gasteiger partial charge in [0.2, 0.25) is 0 Å². The average molecular weight is 250 g/mol. The van der Waals surface area contributed by atoms with Crippen molar-refractivity contribution in [3.63, 3.8) is 0 Å². The monoisotopic (exact) mass is 250 g/mol. The number of hydrogen-bond donors (Lipinski definition) is 2. The first kappa shape index (κ1) is 13.3. The summed E-state index contributed by atoms with van der Waals surface area (Å²) in [5.74, 6) is 7.10. The van der Waals surface area contributed by atoms with Gasteiger partial charge >= 0.3 is 0 Å². The maximum Gasteiger partial charge on any atom is 0.122 e. The maximum atomic E-state index is 5.67. The number of rotatable bonds is 6. The Morgan fingerprint density at radius 3 is 3.11 bits per heavy atom. The molecule has 1 aliphatic heterocycles. The number of fused-ring (bicyclic) bond motifs is 1. The molecule has 1 aromatic rings. The molecule has 3 N–H and O–H groups in total. The number of hydrogen-bond acceptors (Lipinski definition) is 4. The van der Waals surface area contributed by atoms with Crippen LogP contribution in [0.2, 0.25) is 0 Å². The lowest BCUT2D eigenvalue weighted by atomic mass is 9.88. The third-order valence-electron chi connectivity index (χ3n) is 3.41. The van der Waals surface area contributed by atoms with Crippen LogP contribution in [-0.2, 0) is 4.74 Å². The highest BCUT2D eigenvalue weighted by Crippen LogP contribution is 2.36. The molecule has 0 fully saturated rings. The van der Waals surface area contributed by atoms with Crippen molar-refractivity contribution in [3.8, 4) is 5.75 Å². The highest BCUT2D eigenvalue weighted by atomic mass is 16.5. The van der Waals surface area contributed by atoms with Crippen molar-refractivity contribution in [1.82, 2.24) is 5.43 Å². The summed E-state index contributed by atoms with van der Waals surface area (Å²) in [7, 11) is 0. The zero-order chi connectivity index (χ0) is 12.8. The highest BCUT2D eigenvalue weighted by molar-refractivity contribution is 5.37. The highest BCUT2D eigenvalue weighted by Gasteiger charge is 2.23. The van der Waals surface area contributed by atoms with Crippen LogP contribution in [-0.4, -0.2) is 25.9 Å². The van der Waals surface area contributed by atoms with Gasteiger partial charge in [0.15, 0.2) is 0 Å². The van der Waals surface area contributed by atoms with Crippen molar-refractivity contribution in [2.45, 2.75) is 31.7 Å². The van der Waals surface area contributed by atoms with Crippen molar-refractivity contribution in [2.24, 2.45) is 5.84 Å². The van der Waals surface area contributed by atoms with E-state index in [1.807, 2.05) is 19.1 Å². The Morgan fingerprint density at radius 2 is 2.33 bits per heavy atom. The van der Waals surface area contributed by atoms with Crippen molar-refractivity contribution in [2.75, 3.05) is 19.8 Å². The molecule has 0 saturated carbocycles. The molecule has 1 aromatic carbocycles. The normalized spacial score (nSPS) is 20.0. The van der Waals surface area contributed by atoms with Crippen LogP contribution in [0.1, 0.15) is 31.2 Å². The summed E-state index contributed by atoms with van der Waals surface area (Å²) >= 11 is 0. The van der Waals surface area contributed by atoms with E-state index >= 15 is 0 Å². The largest absolute Gasteiger partial charge is 0.493 e. The summed E-state index contributed by atoms with van der Waals surface area (Å²) in [6, 6.07) is 8.46. The molecule has 0 saturated heterocycles. The summed E-state index contributed by atoms with van der Waals surface area (Å²) in [4.78, 5) is 0. The first-order chi connectivity index (χ1) is 8.85. The first-order valence-corrected chi connectivity index (χ1v) is 6.60. The number of nitrogens with one attached hydrogen (secondary N) is 1. The molecule has 4 nitrogen and oxygen atoms in total. The van der Waals surface area contributed by atoms with Gasteiger partial charge in [-0.2, -0.15) is 0 Å². The van der Waals surface area contributed by atoms with Gasteiger partial charge in [-0.15, -0.1) is 0 Å². The van der Waals surface area contributed by atoms with Gasteiger partial charge in [0.1, 0.15) is 5.75 Å². The van der Waals surface area contributed by atoms with E-state index in [9.17, 15) is 0 Å². The van der Waals surface area contributed by atoms with Crippen LogP contribution in [0.5, 0.6) is 5.75 Å². The zero-order valence-corrected chi connectivity index (χ0v) is 10.9. The van der Waals surface area contributed by atoms with Gasteiger partial charge in [-0.25, -0.2) is 0 Å². The second-order valence-electron chi connectivity index (χ2n) is 4.63. The molecule has 0 aromatic heterocycles. The Balaban J connectivity index is 2.01. The Morgan fingerprint density at radius 1 is 1.50 bits per heavy atom. The number of ether oxygens (including phenoxy) is 2. The molecule has 100 valence electrons. The molecular weight excluding hydrogens is 228 g/mol. The second kappa shape index (κ2) is 6.73. The molecule has 1 aliphatic rings. The van der Waals surface area contributed by atoms with Gasteiger partial charge in [0, 0.05) is 12.6 Å². The van der Waals surface area contributed by atoms with E-state index < -0.39 is 0 Å². The minimum atomic E-state index is 0.195. The van der Waals surface area contributed by atoms with E-state index in [0.717, 1.165) is 31.8 Å². The molecule has 0 amide bonds. The van der Waals surface area contributed by atoms with E-state index in [2.05, 4.69) is 17.6 Å². The minimum absolute atomic E-state index is 0.195. The summed E-state index contributed by atoms with van der Waals surface area (Å²) < 4.78 is 11.1. The maximum absolute atomic E-state index is 5.67. The van der Waals surface area contributed by atoms with Crippen molar-refractivity contribution in [3.05, 3.63) is 29.8 Å². The van der Waals surface area contributed by atoms with Crippen molar-refractivity contribution in [1.29, 1.82) is 0 Å². The lowest BCUT2D eigenvalue weighted by Crippen LogP contribution is -2.40. The van der Waals surface area contributed by atoms with Gasteiger partial charge in [-0.3, -0.25) is 11.3 Å². The van der Waals surface area contributed by atoms with Crippen LogP contribution >= 0.6 is 0 Å². The van der Waals surface area contributed by atoms with Crippen LogP contribution in [0.3, 0.4) is 0 Å². The Kier molecular flexibility index (Phi) is 4.99. The van der Waals surface area contributed by atoms with Crippen LogP contribution in [0.15, 0.2) is 24.3 Å². The van der Waals surface area contributed by atoms with Gasteiger partial charge < -0.3 is 9.47 Å². The number of benzene rings is 1. The number of hydrazine groups is 1. The fraction of sp³-hybridized carbons (Fsp3) is 0.571. The Labute approximate surface area is 108 Å².